The molecule has 16 heavy (non-hydrogen) atoms. The molecule has 1 fully saturated rings. The van der Waals surface area contributed by atoms with Gasteiger partial charge >= 0.3 is 6.18 Å². The second kappa shape index (κ2) is 3.67. The van der Waals surface area contributed by atoms with Crippen LogP contribution in [0, 0.1) is 17.2 Å². The van der Waals surface area contributed by atoms with E-state index in [9.17, 15) is 13.2 Å². The number of anilines is 1. The van der Waals surface area contributed by atoms with Crippen LogP contribution in [0.15, 0.2) is 18.3 Å². The van der Waals surface area contributed by atoms with Crippen LogP contribution in [0.3, 0.4) is 0 Å². The van der Waals surface area contributed by atoms with Crippen molar-refractivity contribution in [2.24, 2.45) is 5.92 Å². The second-order valence-corrected chi connectivity index (χ2v) is 3.63. The third kappa shape index (κ3) is 1.81. The van der Waals surface area contributed by atoms with Crippen molar-refractivity contribution < 1.29 is 13.2 Å². The molecule has 0 unspecified atom stereocenters. The summed E-state index contributed by atoms with van der Waals surface area (Å²) in [7, 11) is 0. The Balaban J connectivity index is 2.10. The number of nitrogens with zero attached hydrogens (tertiary/aromatic N) is 3. The minimum atomic E-state index is -4.15. The summed E-state index contributed by atoms with van der Waals surface area (Å²) in [6.45, 7) is -0.232. The third-order valence-corrected chi connectivity index (χ3v) is 2.55. The summed E-state index contributed by atoms with van der Waals surface area (Å²) in [5.74, 6) is -0.966. The van der Waals surface area contributed by atoms with Gasteiger partial charge < -0.3 is 4.90 Å². The Hall–Kier alpha value is -1.77. The molecule has 0 aliphatic carbocycles. The van der Waals surface area contributed by atoms with Crippen molar-refractivity contribution in [3.8, 4) is 6.07 Å². The van der Waals surface area contributed by atoms with E-state index in [0.717, 1.165) is 0 Å². The van der Waals surface area contributed by atoms with E-state index in [1.54, 1.807) is 12.1 Å². The number of hydrogen-bond acceptors (Lipinski definition) is 3. The third-order valence-electron chi connectivity index (χ3n) is 2.55. The van der Waals surface area contributed by atoms with Gasteiger partial charge in [-0.25, -0.2) is 4.98 Å². The minimum absolute atomic E-state index is 0.116. The number of hydrogen-bond donors (Lipinski definition) is 0. The molecule has 3 nitrogen and oxygen atoms in total. The summed E-state index contributed by atoms with van der Waals surface area (Å²) in [4.78, 5) is 5.39. The van der Waals surface area contributed by atoms with Crippen LogP contribution in [0.4, 0.5) is 19.0 Å². The Morgan fingerprint density at radius 1 is 1.44 bits per heavy atom. The fraction of sp³-hybridized carbons (Fsp3) is 0.400. The Labute approximate surface area is 90.1 Å². The standard InChI is InChI=1S/C10H8F3N3/c11-10(12,13)8-5-16(6-8)9-7(4-14)2-1-3-15-9/h1-3,8H,5-6H2. The topological polar surface area (TPSA) is 39.9 Å². The Kier molecular flexibility index (Phi) is 2.46. The van der Waals surface area contributed by atoms with Crippen molar-refractivity contribution in [2.75, 3.05) is 18.0 Å². The maximum atomic E-state index is 12.3. The summed E-state index contributed by atoms with van der Waals surface area (Å²) >= 11 is 0. The summed E-state index contributed by atoms with van der Waals surface area (Å²) in [6, 6.07) is 5.04. The molecule has 2 rings (SSSR count). The zero-order chi connectivity index (χ0) is 11.8. The fourth-order valence-electron chi connectivity index (χ4n) is 1.59. The number of aromatic nitrogens is 1. The normalized spacial score (nSPS) is 16.8. The number of pyridine rings is 1. The van der Waals surface area contributed by atoms with Crippen molar-refractivity contribution in [3.05, 3.63) is 23.9 Å². The molecule has 1 aliphatic heterocycles. The molecule has 84 valence electrons. The summed E-state index contributed by atoms with van der Waals surface area (Å²) in [5, 5.41) is 8.77. The second-order valence-electron chi connectivity index (χ2n) is 3.63. The molecule has 1 aromatic rings. The summed E-state index contributed by atoms with van der Waals surface area (Å²) in [5.41, 5.74) is 0.308. The van der Waals surface area contributed by atoms with Gasteiger partial charge in [0.05, 0.1) is 11.5 Å². The quantitative estimate of drug-likeness (QED) is 0.736. The SMILES string of the molecule is N#Cc1cccnc1N1CC(C(F)(F)F)C1. The molecule has 1 aromatic heterocycles. The average Bonchev–Trinajstić information content (AvgIpc) is 2.14. The van der Waals surface area contributed by atoms with Crippen molar-refractivity contribution in [1.82, 2.24) is 4.98 Å². The van der Waals surface area contributed by atoms with E-state index in [0.29, 0.717) is 11.4 Å². The van der Waals surface area contributed by atoms with Gasteiger partial charge in [0.15, 0.2) is 0 Å². The number of halogens is 3. The van der Waals surface area contributed by atoms with Crippen molar-refractivity contribution in [1.29, 1.82) is 5.26 Å². The maximum absolute atomic E-state index is 12.3. The van der Waals surface area contributed by atoms with E-state index >= 15 is 0 Å². The Bertz CT molecular complexity index is 430. The van der Waals surface area contributed by atoms with Gasteiger partial charge in [-0.1, -0.05) is 0 Å². The molecule has 2 heterocycles. The highest BCUT2D eigenvalue weighted by atomic mass is 19.4. The maximum Gasteiger partial charge on any atom is 0.395 e. The first-order chi connectivity index (χ1) is 7.52. The van der Waals surface area contributed by atoms with Gasteiger partial charge in [0.1, 0.15) is 11.9 Å². The van der Waals surface area contributed by atoms with E-state index in [2.05, 4.69) is 4.98 Å². The van der Waals surface area contributed by atoms with Crippen molar-refractivity contribution in [3.63, 3.8) is 0 Å². The number of alkyl halides is 3. The monoisotopic (exact) mass is 227 g/mol. The van der Waals surface area contributed by atoms with Crippen LogP contribution in [0.2, 0.25) is 0 Å². The van der Waals surface area contributed by atoms with Gasteiger partial charge in [-0.2, -0.15) is 18.4 Å². The van der Waals surface area contributed by atoms with E-state index in [4.69, 9.17) is 5.26 Å². The van der Waals surface area contributed by atoms with Gasteiger partial charge in [-0.05, 0) is 12.1 Å². The van der Waals surface area contributed by atoms with E-state index in [1.165, 1.54) is 11.1 Å². The van der Waals surface area contributed by atoms with Crippen LogP contribution >= 0.6 is 0 Å². The molecule has 0 saturated carbocycles. The molecule has 1 aliphatic rings. The van der Waals surface area contributed by atoms with Crippen LogP contribution in [0.25, 0.3) is 0 Å². The van der Waals surface area contributed by atoms with Crippen molar-refractivity contribution in [2.45, 2.75) is 6.18 Å². The highest BCUT2D eigenvalue weighted by molar-refractivity contribution is 5.55. The highest BCUT2D eigenvalue weighted by Crippen LogP contribution is 2.36. The molecule has 0 aromatic carbocycles. The predicted molar refractivity (Wildman–Crippen MR) is 50.7 cm³/mol. The minimum Gasteiger partial charge on any atom is -0.354 e. The molecular formula is C10H8F3N3. The van der Waals surface area contributed by atoms with Crippen LogP contribution < -0.4 is 4.90 Å². The highest BCUT2D eigenvalue weighted by Gasteiger charge is 2.47. The van der Waals surface area contributed by atoms with Crippen LogP contribution in [-0.4, -0.2) is 24.2 Å². The molecular weight excluding hydrogens is 219 g/mol. The zero-order valence-electron chi connectivity index (χ0n) is 8.20. The number of nitriles is 1. The van der Waals surface area contributed by atoms with Crippen molar-refractivity contribution >= 4 is 5.82 Å². The van der Waals surface area contributed by atoms with Gasteiger partial charge in [0.25, 0.3) is 0 Å². The molecule has 1 saturated heterocycles. The molecule has 0 N–H and O–H groups in total. The van der Waals surface area contributed by atoms with Gasteiger partial charge in [0.2, 0.25) is 0 Å². The smallest absolute Gasteiger partial charge is 0.354 e. The van der Waals surface area contributed by atoms with Crippen LogP contribution in [0.5, 0.6) is 0 Å². The Morgan fingerprint density at radius 3 is 2.69 bits per heavy atom. The van der Waals surface area contributed by atoms with Gasteiger partial charge in [-0.3, -0.25) is 0 Å². The summed E-state index contributed by atoms with van der Waals surface area (Å²) in [6.07, 6.45) is -2.69. The first kappa shape index (κ1) is 10.7. The largest absolute Gasteiger partial charge is 0.395 e. The first-order valence-electron chi connectivity index (χ1n) is 4.69. The lowest BCUT2D eigenvalue weighted by atomic mass is 9.99. The van der Waals surface area contributed by atoms with Crippen LogP contribution in [-0.2, 0) is 0 Å². The molecule has 0 radical (unpaired) electrons. The van der Waals surface area contributed by atoms with Crippen LogP contribution in [0.1, 0.15) is 5.56 Å². The fourth-order valence-corrected chi connectivity index (χ4v) is 1.59. The molecule has 6 heteroatoms. The van der Waals surface area contributed by atoms with Gasteiger partial charge in [-0.15, -0.1) is 0 Å². The molecule has 0 amide bonds. The zero-order valence-corrected chi connectivity index (χ0v) is 8.20. The molecule has 0 spiro atoms. The van der Waals surface area contributed by atoms with E-state index in [1.807, 2.05) is 6.07 Å². The van der Waals surface area contributed by atoms with E-state index < -0.39 is 12.1 Å². The molecule has 0 bridgehead atoms. The first-order valence-corrected chi connectivity index (χ1v) is 4.69. The summed E-state index contributed by atoms with van der Waals surface area (Å²) < 4.78 is 36.8. The Morgan fingerprint density at radius 2 is 2.12 bits per heavy atom. The number of rotatable bonds is 1. The average molecular weight is 227 g/mol. The lowest BCUT2D eigenvalue weighted by molar-refractivity contribution is -0.180. The predicted octanol–water partition coefficient (Wildman–Crippen LogP) is 1.95. The van der Waals surface area contributed by atoms with E-state index in [-0.39, 0.29) is 13.1 Å². The lowest BCUT2D eigenvalue weighted by Gasteiger charge is -2.41. The lowest BCUT2D eigenvalue weighted by Crippen LogP contribution is -2.53. The molecule has 0 atom stereocenters. The van der Waals surface area contributed by atoms with Gasteiger partial charge in [0, 0.05) is 19.3 Å².